The van der Waals surface area contributed by atoms with Crippen LogP contribution < -0.4 is 0 Å². The number of piperazine rings is 1. The van der Waals surface area contributed by atoms with Gasteiger partial charge in [-0.3, -0.25) is 9.69 Å². The normalized spacial score (nSPS) is 20.7. The van der Waals surface area contributed by atoms with E-state index in [1.807, 2.05) is 4.90 Å². The van der Waals surface area contributed by atoms with E-state index in [1.54, 1.807) is 0 Å². The number of aliphatic hydroxyl groups is 1. The highest BCUT2D eigenvalue weighted by Crippen LogP contribution is 2.38. The maximum atomic E-state index is 12.3. The Bertz CT molecular complexity index is 517. The first-order chi connectivity index (χ1) is 11.2. The number of aromatic nitrogens is 2. The lowest BCUT2D eigenvalue weighted by atomic mass is 10.1. The van der Waals surface area contributed by atoms with Gasteiger partial charge in [-0.25, -0.2) is 0 Å². The molecule has 2 heterocycles. The summed E-state index contributed by atoms with van der Waals surface area (Å²) in [6.45, 7) is 5.39. The highest BCUT2D eigenvalue weighted by Gasteiger charge is 2.29. The van der Waals surface area contributed by atoms with E-state index < -0.39 is 0 Å². The summed E-state index contributed by atoms with van der Waals surface area (Å²) < 4.78 is 5.21. The second-order valence-corrected chi connectivity index (χ2v) is 6.48. The molecule has 23 heavy (non-hydrogen) atoms. The molecule has 2 fully saturated rings. The Balaban J connectivity index is 1.42. The van der Waals surface area contributed by atoms with Crippen molar-refractivity contribution in [3.8, 4) is 0 Å². The van der Waals surface area contributed by atoms with Crippen molar-refractivity contribution in [1.82, 2.24) is 19.9 Å². The van der Waals surface area contributed by atoms with E-state index in [0.717, 1.165) is 51.3 Å². The summed E-state index contributed by atoms with van der Waals surface area (Å²) in [4.78, 5) is 20.8. The summed E-state index contributed by atoms with van der Waals surface area (Å²) in [5.74, 6) is 2.00. The van der Waals surface area contributed by atoms with Gasteiger partial charge in [0, 0.05) is 51.0 Å². The van der Waals surface area contributed by atoms with Crippen molar-refractivity contribution < 1.29 is 14.4 Å². The Kier molecular flexibility index (Phi) is 5.27. The van der Waals surface area contributed by atoms with E-state index >= 15 is 0 Å². The van der Waals surface area contributed by atoms with Crippen LogP contribution in [0.4, 0.5) is 0 Å². The predicted octanol–water partition coefficient (Wildman–Crippen LogP) is 0.795. The van der Waals surface area contributed by atoms with Gasteiger partial charge in [-0.2, -0.15) is 4.98 Å². The lowest BCUT2D eigenvalue weighted by molar-refractivity contribution is -0.133. The molecule has 7 nitrogen and oxygen atoms in total. The summed E-state index contributed by atoms with van der Waals surface area (Å²) in [5.41, 5.74) is 0. The van der Waals surface area contributed by atoms with Crippen molar-refractivity contribution in [2.45, 2.75) is 51.0 Å². The van der Waals surface area contributed by atoms with Crippen molar-refractivity contribution in [1.29, 1.82) is 0 Å². The van der Waals surface area contributed by atoms with Gasteiger partial charge in [0.25, 0.3) is 0 Å². The quantitative estimate of drug-likeness (QED) is 0.799. The first kappa shape index (κ1) is 16.4. The molecule has 0 spiro atoms. The minimum absolute atomic E-state index is 0.146. The molecule has 3 rings (SSSR count). The summed E-state index contributed by atoms with van der Waals surface area (Å²) in [7, 11) is 0. The van der Waals surface area contributed by atoms with Gasteiger partial charge in [0.2, 0.25) is 11.8 Å². The molecule has 2 aliphatic rings. The van der Waals surface area contributed by atoms with Crippen LogP contribution in [0.25, 0.3) is 0 Å². The Morgan fingerprint density at radius 3 is 2.70 bits per heavy atom. The monoisotopic (exact) mass is 322 g/mol. The zero-order chi connectivity index (χ0) is 16.2. The number of aliphatic hydroxyl groups excluding tert-OH is 1. The molecular formula is C16H26N4O3. The maximum absolute atomic E-state index is 12.3. The molecule has 1 aliphatic heterocycles. The van der Waals surface area contributed by atoms with E-state index in [1.165, 1.54) is 0 Å². The number of rotatable bonds is 7. The Labute approximate surface area is 136 Å². The summed E-state index contributed by atoms with van der Waals surface area (Å²) in [5, 5.41) is 13.3. The predicted molar refractivity (Wildman–Crippen MR) is 83.9 cm³/mol. The SMILES string of the molecule is CCC(CO)N1CCN(C(=O)CCc2nc(C3CC3)no2)CC1. The number of amides is 1. The highest BCUT2D eigenvalue weighted by molar-refractivity contribution is 5.76. The molecule has 128 valence electrons. The average molecular weight is 322 g/mol. The van der Waals surface area contributed by atoms with E-state index in [4.69, 9.17) is 4.52 Å². The third-order valence-electron chi connectivity index (χ3n) is 4.84. The fourth-order valence-corrected chi connectivity index (χ4v) is 3.09. The summed E-state index contributed by atoms with van der Waals surface area (Å²) in [6, 6.07) is 0.214. The van der Waals surface area contributed by atoms with Gasteiger partial charge in [0.1, 0.15) is 0 Å². The minimum Gasteiger partial charge on any atom is -0.395 e. The highest BCUT2D eigenvalue weighted by atomic mass is 16.5. The first-order valence-electron chi connectivity index (χ1n) is 8.66. The smallest absolute Gasteiger partial charge is 0.227 e. The van der Waals surface area contributed by atoms with E-state index in [-0.39, 0.29) is 18.6 Å². The minimum atomic E-state index is 0.146. The fourth-order valence-electron chi connectivity index (χ4n) is 3.09. The molecule has 1 atom stereocenters. The van der Waals surface area contributed by atoms with Crippen LogP contribution in [-0.2, 0) is 11.2 Å². The molecule has 7 heteroatoms. The molecular weight excluding hydrogens is 296 g/mol. The molecule has 1 N–H and O–H groups in total. The third kappa shape index (κ3) is 4.09. The van der Waals surface area contributed by atoms with Gasteiger partial charge in [0.15, 0.2) is 5.82 Å². The van der Waals surface area contributed by atoms with Crippen molar-refractivity contribution in [3.63, 3.8) is 0 Å². The van der Waals surface area contributed by atoms with Crippen LogP contribution in [0.2, 0.25) is 0 Å². The Morgan fingerprint density at radius 2 is 2.09 bits per heavy atom. The van der Waals surface area contributed by atoms with Gasteiger partial charge >= 0.3 is 0 Å². The fraction of sp³-hybridized carbons (Fsp3) is 0.812. The van der Waals surface area contributed by atoms with Crippen LogP contribution in [0.15, 0.2) is 4.52 Å². The van der Waals surface area contributed by atoms with E-state index in [2.05, 4.69) is 22.0 Å². The molecule has 1 aliphatic carbocycles. The van der Waals surface area contributed by atoms with Crippen LogP contribution in [0.3, 0.4) is 0 Å². The third-order valence-corrected chi connectivity index (χ3v) is 4.84. The molecule has 0 radical (unpaired) electrons. The van der Waals surface area contributed by atoms with E-state index in [0.29, 0.717) is 24.7 Å². The number of nitrogens with zero attached hydrogens (tertiary/aromatic N) is 4. The lowest BCUT2D eigenvalue weighted by Crippen LogP contribution is -2.52. The number of aryl methyl sites for hydroxylation is 1. The van der Waals surface area contributed by atoms with Crippen molar-refractivity contribution in [2.75, 3.05) is 32.8 Å². The van der Waals surface area contributed by atoms with E-state index in [9.17, 15) is 9.90 Å². The van der Waals surface area contributed by atoms with Gasteiger partial charge in [-0.1, -0.05) is 12.1 Å². The van der Waals surface area contributed by atoms with Gasteiger partial charge < -0.3 is 14.5 Å². The molecule has 0 bridgehead atoms. The average Bonchev–Trinajstić information content (AvgIpc) is 3.33. The molecule has 1 aromatic rings. The lowest BCUT2D eigenvalue weighted by Gasteiger charge is -2.38. The molecule has 1 aromatic heterocycles. The standard InChI is InChI=1S/C16H26N4O3/c1-2-13(11-21)19-7-9-20(10-8-19)15(22)6-5-14-17-16(18-23-14)12-3-4-12/h12-13,21H,2-11H2,1H3. The molecule has 1 saturated carbocycles. The topological polar surface area (TPSA) is 82.7 Å². The first-order valence-corrected chi connectivity index (χ1v) is 8.66. The van der Waals surface area contributed by atoms with Crippen LogP contribution in [-0.4, -0.2) is 69.8 Å². The van der Waals surface area contributed by atoms with Crippen LogP contribution in [0.5, 0.6) is 0 Å². The number of carbonyl (C=O) groups is 1. The zero-order valence-corrected chi connectivity index (χ0v) is 13.8. The second-order valence-electron chi connectivity index (χ2n) is 6.48. The van der Waals surface area contributed by atoms with Gasteiger partial charge in [-0.05, 0) is 19.3 Å². The number of hydrogen-bond donors (Lipinski definition) is 1. The van der Waals surface area contributed by atoms with Crippen molar-refractivity contribution in [3.05, 3.63) is 11.7 Å². The Hall–Kier alpha value is -1.47. The zero-order valence-electron chi connectivity index (χ0n) is 13.8. The van der Waals surface area contributed by atoms with Gasteiger partial charge in [-0.15, -0.1) is 0 Å². The summed E-state index contributed by atoms with van der Waals surface area (Å²) >= 11 is 0. The van der Waals surface area contributed by atoms with Crippen LogP contribution in [0, 0.1) is 0 Å². The Morgan fingerprint density at radius 1 is 1.35 bits per heavy atom. The maximum Gasteiger partial charge on any atom is 0.227 e. The molecule has 1 unspecified atom stereocenters. The second kappa shape index (κ2) is 7.40. The van der Waals surface area contributed by atoms with Crippen molar-refractivity contribution in [2.24, 2.45) is 0 Å². The molecule has 1 amide bonds. The van der Waals surface area contributed by atoms with Gasteiger partial charge in [0.05, 0.1) is 6.61 Å². The molecule has 0 aromatic carbocycles. The van der Waals surface area contributed by atoms with Crippen LogP contribution in [0.1, 0.15) is 50.2 Å². The number of carbonyl (C=O) groups excluding carboxylic acids is 1. The summed E-state index contributed by atoms with van der Waals surface area (Å²) in [6.07, 6.45) is 4.17. The van der Waals surface area contributed by atoms with Crippen molar-refractivity contribution >= 4 is 5.91 Å². The number of hydrogen-bond acceptors (Lipinski definition) is 6. The largest absolute Gasteiger partial charge is 0.395 e. The molecule has 1 saturated heterocycles. The van der Waals surface area contributed by atoms with Crippen LogP contribution >= 0.6 is 0 Å².